The van der Waals surface area contributed by atoms with Crippen LogP contribution in [0.4, 0.5) is 0 Å². The molecular weight excluding hydrogens is 208 g/mol. The number of aryl methyl sites for hydroxylation is 1. The molecule has 1 aromatic heterocycles. The third kappa shape index (κ3) is 4.95. The van der Waals surface area contributed by atoms with Crippen LogP contribution in [0.15, 0.2) is 12.1 Å². The Bertz CT molecular complexity index is 322. The number of nitrogens with two attached hydrogens (primary N) is 1. The molecule has 1 aromatic rings. The fraction of sp³-hybridized carbons (Fsp3) is 0.545. The summed E-state index contributed by atoms with van der Waals surface area (Å²) in [4.78, 5) is 13.2. The largest absolute Gasteiger partial charge is 0.370 e. The minimum Gasteiger partial charge on any atom is -0.370 e. The molecule has 3 N–H and O–H groups in total. The maximum absolute atomic E-state index is 10.5. The molecule has 1 amide bonds. The Balaban J connectivity index is 2.24. The van der Waals surface area contributed by atoms with E-state index >= 15 is 0 Å². The molecule has 0 fully saturated rings. The van der Waals surface area contributed by atoms with Gasteiger partial charge in [0.05, 0.1) is 0 Å². The number of nitrogens with one attached hydrogen (secondary N) is 1. The minimum absolute atomic E-state index is 0.248. The van der Waals surface area contributed by atoms with E-state index in [0.29, 0.717) is 19.0 Å². The lowest BCUT2D eigenvalue weighted by molar-refractivity contribution is -0.117. The first-order valence-corrected chi connectivity index (χ1v) is 5.96. The molecule has 1 unspecified atom stereocenters. The lowest BCUT2D eigenvalue weighted by Crippen LogP contribution is -2.31. The Kier molecular flexibility index (Phi) is 4.78. The van der Waals surface area contributed by atoms with Crippen LogP contribution in [0.5, 0.6) is 0 Å². The monoisotopic (exact) mass is 226 g/mol. The third-order valence-corrected chi connectivity index (χ3v) is 3.19. The smallest absolute Gasteiger partial charge is 0.218 e. The van der Waals surface area contributed by atoms with Gasteiger partial charge in [0.1, 0.15) is 0 Å². The number of primary amides is 1. The summed E-state index contributed by atoms with van der Waals surface area (Å²) in [5.74, 6) is -0.248. The molecule has 1 rings (SSSR count). The molecule has 4 heteroatoms. The van der Waals surface area contributed by atoms with Crippen molar-refractivity contribution in [1.82, 2.24) is 5.32 Å². The number of carbonyl (C=O) groups is 1. The number of hydrogen-bond donors (Lipinski definition) is 2. The molecular formula is C11H18N2OS. The predicted octanol–water partition coefficient (Wildman–Crippen LogP) is 1.45. The average molecular weight is 226 g/mol. The highest BCUT2D eigenvalue weighted by Gasteiger charge is 2.05. The van der Waals surface area contributed by atoms with Crippen molar-refractivity contribution in [1.29, 1.82) is 0 Å². The van der Waals surface area contributed by atoms with Gasteiger partial charge in [0.15, 0.2) is 0 Å². The zero-order valence-corrected chi connectivity index (χ0v) is 10.1. The second-order valence-electron chi connectivity index (χ2n) is 3.79. The Morgan fingerprint density at radius 3 is 2.87 bits per heavy atom. The Morgan fingerprint density at radius 2 is 2.33 bits per heavy atom. The molecule has 15 heavy (non-hydrogen) atoms. The number of rotatable bonds is 6. The SMILES string of the molecule is Cc1ccc(CC(C)NCCC(N)=O)s1. The molecule has 0 aliphatic rings. The molecule has 0 bridgehead atoms. The van der Waals surface area contributed by atoms with E-state index in [1.54, 1.807) is 0 Å². The summed E-state index contributed by atoms with van der Waals surface area (Å²) in [6.07, 6.45) is 1.42. The van der Waals surface area contributed by atoms with Crippen LogP contribution in [-0.2, 0) is 11.2 Å². The number of hydrogen-bond acceptors (Lipinski definition) is 3. The maximum atomic E-state index is 10.5. The van der Waals surface area contributed by atoms with E-state index in [1.807, 2.05) is 11.3 Å². The highest BCUT2D eigenvalue weighted by Crippen LogP contribution is 2.16. The number of amides is 1. The molecule has 0 aromatic carbocycles. The topological polar surface area (TPSA) is 55.1 Å². The standard InChI is InChI=1S/C11H18N2OS/c1-8(13-6-5-11(12)14)7-10-4-3-9(2)15-10/h3-4,8,13H,5-7H2,1-2H3,(H2,12,14). The quantitative estimate of drug-likeness (QED) is 0.771. The lowest BCUT2D eigenvalue weighted by Gasteiger charge is -2.11. The zero-order valence-electron chi connectivity index (χ0n) is 9.25. The van der Waals surface area contributed by atoms with Crippen LogP contribution in [0, 0.1) is 6.92 Å². The second kappa shape index (κ2) is 5.88. The van der Waals surface area contributed by atoms with Crippen molar-refractivity contribution in [2.24, 2.45) is 5.73 Å². The first-order valence-electron chi connectivity index (χ1n) is 5.15. The first-order chi connectivity index (χ1) is 7.08. The molecule has 0 saturated carbocycles. The van der Waals surface area contributed by atoms with Crippen molar-refractivity contribution >= 4 is 17.2 Å². The van der Waals surface area contributed by atoms with Gasteiger partial charge in [-0.15, -0.1) is 11.3 Å². The van der Waals surface area contributed by atoms with E-state index in [1.165, 1.54) is 9.75 Å². The zero-order chi connectivity index (χ0) is 11.3. The first kappa shape index (κ1) is 12.2. The molecule has 0 saturated heterocycles. The van der Waals surface area contributed by atoms with E-state index in [0.717, 1.165) is 6.42 Å². The minimum atomic E-state index is -0.248. The summed E-state index contributed by atoms with van der Waals surface area (Å²) in [5.41, 5.74) is 5.06. The van der Waals surface area contributed by atoms with Crippen LogP contribution in [-0.4, -0.2) is 18.5 Å². The molecule has 1 heterocycles. The van der Waals surface area contributed by atoms with Gasteiger partial charge in [0.2, 0.25) is 5.91 Å². The molecule has 0 spiro atoms. The van der Waals surface area contributed by atoms with Crippen LogP contribution >= 0.6 is 11.3 Å². The second-order valence-corrected chi connectivity index (χ2v) is 5.16. The summed E-state index contributed by atoms with van der Waals surface area (Å²) >= 11 is 1.82. The third-order valence-electron chi connectivity index (χ3n) is 2.17. The van der Waals surface area contributed by atoms with Gasteiger partial charge in [-0.25, -0.2) is 0 Å². The van der Waals surface area contributed by atoms with Crippen LogP contribution < -0.4 is 11.1 Å². The average Bonchev–Trinajstić information content (AvgIpc) is 2.50. The molecule has 84 valence electrons. The van der Waals surface area contributed by atoms with Gasteiger partial charge in [0, 0.05) is 28.8 Å². The fourth-order valence-electron chi connectivity index (χ4n) is 1.41. The van der Waals surface area contributed by atoms with Crippen molar-refractivity contribution in [3.8, 4) is 0 Å². The maximum Gasteiger partial charge on any atom is 0.218 e. The molecule has 0 aliphatic carbocycles. The van der Waals surface area contributed by atoms with Crippen molar-refractivity contribution < 1.29 is 4.79 Å². The van der Waals surface area contributed by atoms with Gasteiger partial charge in [-0.2, -0.15) is 0 Å². The fourth-order valence-corrected chi connectivity index (χ4v) is 2.43. The van der Waals surface area contributed by atoms with Crippen molar-refractivity contribution in [3.05, 3.63) is 21.9 Å². The molecule has 1 atom stereocenters. The van der Waals surface area contributed by atoms with Crippen molar-refractivity contribution in [3.63, 3.8) is 0 Å². The van der Waals surface area contributed by atoms with Gasteiger partial charge in [-0.3, -0.25) is 4.79 Å². The summed E-state index contributed by atoms with van der Waals surface area (Å²) in [6, 6.07) is 4.69. The Labute approximate surface area is 94.7 Å². The van der Waals surface area contributed by atoms with E-state index in [4.69, 9.17) is 5.73 Å². The van der Waals surface area contributed by atoms with Crippen molar-refractivity contribution in [2.45, 2.75) is 32.7 Å². The normalized spacial score (nSPS) is 12.7. The predicted molar refractivity (Wildman–Crippen MR) is 64.0 cm³/mol. The Hall–Kier alpha value is -0.870. The highest BCUT2D eigenvalue weighted by molar-refractivity contribution is 7.11. The van der Waals surface area contributed by atoms with Gasteiger partial charge < -0.3 is 11.1 Å². The van der Waals surface area contributed by atoms with Gasteiger partial charge in [-0.05, 0) is 32.4 Å². The highest BCUT2D eigenvalue weighted by atomic mass is 32.1. The van der Waals surface area contributed by atoms with Crippen LogP contribution in [0.2, 0.25) is 0 Å². The van der Waals surface area contributed by atoms with E-state index < -0.39 is 0 Å². The molecule has 3 nitrogen and oxygen atoms in total. The van der Waals surface area contributed by atoms with Crippen molar-refractivity contribution in [2.75, 3.05) is 6.54 Å². The van der Waals surface area contributed by atoms with Gasteiger partial charge in [-0.1, -0.05) is 0 Å². The van der Waals surface area contributed by atoms with E-state index in [-0.39, 0.29) is 5.91 Å². The van der Waals surface area contributed by atoms with Crippen LogP contribution in [0.1, 0.15) is 23.1 Å². The molecule has 0 radical (unpaired) electrons. The summed E-state index contributed by atoms with van der Waals surface area (Å²) < 4.78 is 0. The molecule has 0 aliphatic heterocycles. The van der Waals surface area contributed by atoms with E-state index in [2.05, 4.69) is 31.3 Å². The van der Waals surface area contributed by atoms with Crippen LogP contribution in [0.25, 0.3) is 0 Å². The summed E-state index contributed by atoms with van der Waals surface area (Å²) in [7, 11) is 0. The Morgan fingerprint density at radius 1 is 1.60 bits per heavy atom. The summed E-state index contributed by atoms with van der Waals surface area (Å²) in [5, 5.41) is 3.28. The lowest BCUT2D eigenvalue weighted by atomic mass is 10.2. The summed E-state index contributed by atoms with van der Waals surface area (Å²) in [6.45, 7) is 4.90. The van der Waals surface area contributed by atoms with E-state index in [9.17, 15) is 4.79 Å². The van der Waals surface area contributed by atoms with Gasteiger partial charge in [0.25, 0.3) is 0 Å². The number of carbonyl (C=O) groups excluding carboxylic acids is 1. The van der Waals surface area contributed by atoms with Crippen LogP contribution in [0.3, 0.4) is 0 Å². The number of thiophene rings is 1. The van der Waals surface area contributed by atoms with Gasteiger partial charge >= 0.3 is 0 Å².